The molecule has 1 aromatic rings. The molecule has 1 amide bonds. The second-order valence-corrected chi connectivity index (χ2v) is 3.67. The number of nitrogens with two attached hydrogens (primary N) is 1. The molecule has 1 aliphatic heterocycles. The number of nitrogens with one attached hydrogen (secondary N) is 1. The Bertz CT molecular complexity index is 431. The minimum absolute atomic E-state index is 0. The first-order valence-electron chi connectivity index (χ1n) is 4.89. The normalized spacial score (nSPS) is 32.9. The van der Waals surface area contributed by atoms with Gasteiger partial charge in [0.2, 0.25) is 5.82 Å². The van der Waals surface area contributed by atoms with Crippen molar-refractivity contribution in [2.24, 2.45) is 5.73 Å². The highest BCUT2D eigenvalue weighted by molar-refractivity contribution is 5.88. The third-order valence-corrected chi connectivity index (χ3v) is 2.53. The maximum absolute atomic E-state index is 10.8. The Balaban J connectivity index is 0.00000162. The van der Waals surface area contributed by atoms with Gasteiger partial charge in [0.15, 0.2) is 5.82 Å². The lowest BCUT2D eigenvalue weighted by Gasteiger charge is -2.10. The summed E-state index contributed by atoms with van der Waals surface area (Å²) in [5.41, 5.74) is 4.96. The predicted molar refractivity (Wildman–Crippen MR) is 55.8 cm³/mol. The number of hydrogen-bond acceptors (Lipinski definition) is 7. The maximum atomic E-state index is 10.8. The van der Waals surface area contributed by atoms with E-state index < -0.39 is 36.9 Å². The molecule has 1 aliphatic rings. The number of primary amides is 1. The number of aromatic nitrogens is 3. The molecular formula is C8H16N4O5. The molecule has 1 aromatic heterocycles. The van der Waals surface area contributed by atoms with E-state index in [-0.39, 0.29) is 14.5 Å². The van der Waals surface area contributed by atoms with Gasteiger partial charge in [-0.05, 0) is 0 Å². The van der Waals surface area contributed by atoms with Crippen LogP contribution in [0.3, 0.4) is 0 Å². The summed E-state index contributed by atoms with van der Waals surface area (Å²) in [6.07, 6.45) is -4.38. The fourth-order valence-electron chi connectivity index (χ4n) is 1.64. The second-order valence-electron chi connectivity index (χ2n) is 3.67. The molecule has 98 valence electrons. The van der Waals surface area contributed by atoms with Crippen molar-refractivity contribution in [1.82, 2.24) is 15.2 Å². The van der Waals surface area contributed by atoms with E-state index in [9.17, 15) is 15.0 Å². The summed E-state index contributed by atoms with van der Waals surface area (Å²) in [5, 5.41) is 34.0. The van der Waals surface area contributed by atoms with Crippen molar-refractivity contribution in [2.75, 3.05) is 6.61 Å². The van der Waals surface area contributed by atoms with Gasteiger partial charge in [0.1, 0.15) is 24.4 Å². The molecule has 4 unspecified atom stereocenters. The van der Waals surface area contributed by atoms with Crippen LogP contribution in [0, 0.1) is 0 Å². The van der Waals surface area contributed by atoms with Crippen LogP contribution in [0.25, 0.3) is 0 Å². The molecule has 2 rings (SSSR count). The average Bonchev–Trinajstić information content (AvgIpc) is 2.87. The largest absolute Gasteiger partial charge is 0.394 e. The summed E-state index contributed by atoms with van der Waals surface area (Å²) in [6.45, 7) is -0.439. The summed E-state index contributed by atoms with van der Waals surface area (Å²) in [7, 11) is 0. The summed E-state index contributed by atoms with van der Waals surface area (Å²) in [6, 6.07) is 0. The van der Waals surface area contributed by atoms with Crippen molar-refractivity contribution < 1.29 is 27.7 Å². The van der Waals surface area contributed by atoms with Gasteiger partial charge in [0, 0.05) is 2.85 Å². The van der Waals surface area contributed by atoms with E-state index in [0.717, 1.165) is 0 Å². The zero-order valence-corrected chi connectivity index (χ0v) is 8.65. The zero-order chi connectivity index (χ0) is 12.6. The number of H-pyrrole nitrogens is 1. The van der Waals surface area contributed by atoms with Crippen LogP contribution in [0.4, 0.5) is 0 Å². The van der Waals surface area contributed by atoms with Crippen molar-refractivity contribution in [1.29, 1.82) is 0 Å². The van der Waals surface area contributed by atoms with E-state index >= 15 is 0 Å². The molecule has 0 spiro atoms. The van der Waals surface area contributed by atoms with E-state index in [0.29, 0.717) is 0 Å². The van der Waals surface area contributed by atoms with Crippen LogP contribution in [0.5, 0.6) is 0 Å². The van der Waals surface area contributed by atoms with Crippen molar-refractivity contribution in [3.05, 3.63) is 11.6 Å². The molecule has 0 aromatic carbocycles. The summed E-state index contributed by atoms with van der Waals surface area (Å²) >= 11 is 0. The molecule has 6 N–H and O–H groups in total. The van der Waals surface area contributed by atoms with Gasteiger partial charge in [-0.1, -0.05) is 0 Å². The summed E-state index contributed by atoms with van der Waals surface area (Å²) in [5.74, 6) is -0.988. The highest BCUT2D eigenvalue weighted by atomic mass is 16.6. The van der Waals surface area contributed by atoms with Crippen LogP contribution in [-0.2, 0) is 4.74 Å². The molecule has 0 aliphatic carbocycles. The lowest BCUT2D eigenvalue weighted by Crippen LogP contribution is -2.32. The lowest BCUT2D eigenvalue weighted by atomic mass is 10.1. The Morgan fingerprint density at radius 1 is 1.53 bits per heavy atom. The third-order valence-electron chi connectivity index (χ3n) is 2.53. The van der Waals surface area contributed by atoms with Gasteiger partial charge in [-0.2, -0.15) is 0 Å². The molecular weight excluding hydrogens is 232 g/mol. The minimum Gasteiger partial charge on any atom is -0.394 e. The molecule has 9 nitrogen and oxygen atoms in total. The number of aromatic amines is 1. The zero-order valence-electron chi connectivity index (χ0n) is 8.65. The predicted octanol–water partition coefficient (Wildman–Crippen LogP) is -2.45. The summed E-state index contributed by atoms with van der Waals surface area (Å²) in [4.78, 5) is 14.5. The first-order chi connectivity index (χ1) is 8.04. The van der Waals surface area contributed by atoms with Crippen molar-refractivity contribution in [2.45, 2.75) is 24.4 Å². The number of rotatable bonds is 3. The smallest absolute Gasteiger partial charge is 0.288 e. The van der Waals surface area contributed by atoms with E-state index in [1.54, 1.807) is 0 Å². The van der Waals surface area contributed by atoms with Crippen LogP contribution in [0.15, 0.2) is 0 Å². The SMILES string of the molecule is NC(=O)c1n[nH]c(C2OC(CO)C(O)C2O)n1.[HH].[HH]. The number of aliphatic hydroxyl groups is 3. The highest BCUT2D eigenvalue weighted by Crippen LogP contribution is 2.31. The molecule has 0 radical (unpaired) electrons. The van der Waals surface area contributed by atoms with Crippen molar-refractivity contribution in [3.8, 4) is 0 Å². The topological polar surface area (TPSA) is 155 Å². The van der Waals surface area contributed by atoms with E-state index in [4.69, 9.17) is 15.6 Å². The Kier molecular flexibility index (Phi) is 3.07. The van der Waals surface area contributed by atoms with Crippen molar-refractivity contribution in [3.63, 3.8) is 0 Å². The monoisotopic (exact) mass is 248 g/mol. The quantitative estimate of drug-likeness (QED) is 0.397. The van der Waals surface area contributed by atoms with Gasteiger partial charge in [-0.15, -0.1) is 5.10 Å². The standard InChI is InChI=1S/C8H12N4O5.2H2/c9-6(16)8-10-7(11-12-8)5-4(15)3(14)2(1-13)17-5;;/h2-5,13-15H,1H2,(H2,9,16)(H,10,11,12);2*1H. The molecule has 0 bridgehead atoms. The summed E-state index contributed by atoms with van der Waals surface area (Å²) < 4.78 is 5.18. The second kappa shape index (κ2) is 4.37. The first kappa shape index (κ1) is 11.9. The highest BCUT2D eigenvalue weighted by Gasteiger charge is 2.44. The van der Waals surface area contributed by atoms with Crippen LogP contribution in [-0.4, -0.2) is 61.3 Å². The van der Waals surface area contributed by atoms with Crippen LogP contribution in [0.1, 0.15) is 25.4 Å². The molecule has 1 fully saturated rings. The Hall–Kier alpha value is -1.55. The van der Waals surface area contributed by atoms with Gasteiger partial charge >= 0.3 is 0 Å². The van der Waals surface area contributed by atoms with Gasteiger partial charge in [-0.25, -0.2) is 4.98 Å². The Morgan fingerprint density at radius 2 is 2.24 bits per heavy atom. The number of carbonyl (C=O) groups excluding carboxylic acids is 1. The van der Waals surface area contributed by atoms with Crippen LogP contribution in [0.2, 0.25) is 0 Å². The van der Waals surface area contributed by atoms with Crippen molar-refractivity contribution >= 4 is 5.91 Å². The number of amides is 1. The average molecular weight is 248 g/mol. The van der Waals surface area contributed by atoms with Gasteiger partial charge in [0.05, 0.1) is 6.61 Å². The van der Waals surface area contributed by atoms with Crippen LogP contribution >= 0.6 is 0 Å². The number of nitrogens with zero attached hydrogens (tertiary/aromatic N) is 2. The van der Waals surface area contributed by atoms with E-state index in [1.165, 1.54) is 0 Å². The Labute approximate surface area is 98.2 Å². The lowest BCUT2D eigenvalue weighted by molar-refractivity contribution is -0.0252. The maximum Gasteiger partial charge on any atom is 0.288 e. The Morgan fingerprint density at radius 3 is 2.71 bits per heavy atom. The van der Waals surface area contributed by atoms with Gasteiger partial charge < -0.3 is 25.8 Å². The molecule has 4 atom stereocenters. The van der Waals surface area contributed by atoms with E-state index in [1.807, 2.05) is 0 Å². The minimum atomic E-state index is -1.26. The number of ether oxygens (including phenoxy) is 1. The van der Waals surface area contributed by atoms with E-state index in [2.05, 4.69) is 15.2 Å². The van der Waals surface area contributed by atoms with Gasteiger partial charge in [-0.3, -0.25) is 9.89 Å². The fraction of sp³-hybridized carbons (Fsp3) is 0.625. The molecule has 2 heterocycles. The van der Waals surface area contributed by atoms with Gasteiger partial charge in [0.25, 0.3) is 5.91 Å². The first-order valence-corrected chi connectivity index (χ1v) is 4.89. The molecule has 1 saturated heterocycles. The number of hydrogen-bond donors (Lipinski definition) is 5. The molecule has 9 heteroatoms. The molecule has 0 saturated carbocycles. The third kappa shape index (κ3) is 2.00. The number of aliphatic hydroxyl groups excluding tert-OH is 3. The fourth-order valence-corrected chi connectivity index (χ4v) is 1.64. The molecule has 17 heavy (non-hydrogen) atoms. The number of carbonyl (C=O) groups is 1. The van der Waals surface area contributed by atoms with Crippen LogP contribution < -0.4 is 5.73 Å².